The lowest BCUT2D eigenvalue weighted by molar-refractivity contribution is 0.0854. The molecule has 0 N–H and O–H groups in total. The molecular formula is C11H10F2O2. The Kier molecular flexibility index (Phi) is 2.42. The highest BCUT2D eigenvalue weighted by Gasteiger charge is 2.57. The van der Waals surface area contributed by atoms with Crippen molar-refractivity contribution in [2.24, 2.45) is 5.92 Å². The normalized spacial score (nSPS) is 22.1. The minimum atomic E-state index is -2.57. The average molecular weight is 212 g/mol. The topological polar surface area (TPSA) is 26.3 Å². The zero-order chi connectivity index (χ0) is 10.9. The van der Waals surface area contributed by atoms with Crippen LogP contribution in [0.2, 0.25) is 0 Å². The maximum Gasteiger partial charge on any atom is 0.255 e. The third-order valence-electron chi connectivity index (χ3n) is 2.44. The molecule has 80 valence electrons. The molecule has 1 aromatic rings. The standard InChI is InChI=1S/C11H10F2O2/c12-11(13)5-9(11)7-15-10-4-2-1-3-8(10)6-14/h1-4,6,9H,5,7H2/t9-/m1/s1. The fourth-order valence-electron chi connectivity index (χ4n) is 1.35. The molecule has 0 heterocycles. The van der Waals surface area contributed by atoms with Crippen molar-refractivity contribution < 1.29 is 18.3 Å². The van der Waals surface area contributed by atoms with Crippen molar-refractivity contribution in [3.8, 4) is 5.75 Å². The second kappa shape index (κ2) is 3.61. The highest BCUT2D eigenvalue weighted by Crippen LogP contribution is 2.48. The SMILES string of the molecule is O=Cc1ccccc1OC[C@H]1CC1(F)F. The summed E-state index contributed by atoms with van der Waals surface area (Å²) in [6.45, 7) is -0.0299. The predicted molar refractivity (Wildman–Crippen MR) is 50.4 cm³/mol. The minimum Gasteiger partial charge on any atom is -0.492 e. The average Bonchev–Trinajstić information content (AvgIpc) is 2.84. The van der Waals surface area contributed by atoms with Crippen LogP contribution in [0.25, 0.3) is 0 Å². The highest BCUT2D eigenvalue weighted by atomic mass is 19.3. The van der Waals surface area contributed by atoms with Crippen LogP contribution in [0.15, 0.2) is 24.3 Å². The minimum absolute atomic E-state index is 0.0299. The van der Waals surface area contributed by atoms with E-state index >= 15 is 0 Å². The smallest absolute Gasteiger partial charge is 0.255 e. The van der Waals surface area contributed by atoms with E-state index in [1.54, 1.807) is 24.3 Å². The van der Waals surface area contributed by atoms with Gasteiger partial charge in [0.25, 0.3) is 5.92 Å². The van der Waals surface area contributed by atoms with Crippen molar-refractivity contribution in [1.29, 1.82) is 0 Å². The maximum absolute atomic E-state index is 12.5. The molecule has 1 aliphatic carbocycles. The lowest BCUT2D eigenvalue weighted by atomic mass is 10.2. The van der Waals surface area contributed by atoms with Crippen LogP contribution in [0.5, 0.6) is 5.75 Å². The zero-order valence-corrected chi connectivity index (χ0v) is 7.95. The quantitative estimate of drug-likeness (QED) is 0.717. The number of carbonyl (C=O) groups excluding carboxylic acids is 1. The van der Waals surface area contributed by atoms with Gasteiger partial charge in [-0.25, -0.2) is 8.78 Å². The second-order valence-electron chi connectivity index (χ2n) is 3.63. The van der Waals surface area contributed by atoms with Gasteiger partial charge in [0, 0.05) is 6.42 Å². The first-order chi connectivity index (χ1) is 7.13. The summed E-state index contributed by atoms with van der Waals surface area (Å²) in [5.74, 6) is -2.90. The Morgan fingerprint density at radius 3 is 2.73 bits per heavy atom. The number of rotatable bonds is 4. The van der Waals surface area contributed by atoms with Crippen LogP contribution in [0.1, 0.15) is 16.8 Å². The van der Waals surface area contributed by atoms with E-state index in [2.05, 4.69) is 0 Å². The monoisotopic (exact) mass is 212 g/mol. The van der Waals surface area contributed by atoms with Gasteiger partial charge in [-0.15, -0.1) is 0 Å². The first-order valence-corrected chi connectivity index (χ1v) is 4.68. The number of para-hydroxylation sites is 1. The third-order valence-corrected chi connectivity index (χ3v) is 2.44. The van der Waals surface area contributed by atoms with Crippen molar-refractivity contribution in [2.75, 3.05) is 6.61 Å². The molecule has 1 aliphatic rings. The fourth-order valence-corrected chi connectivity index (χ4v) is 1.35. The number of benzene rings is 1. The van der Waals surface area contributed by atoms with Crippen LogP contribution >= 0.6 is 0 Å². The summed E-state index contributed by atoms with van der Waals surface area (Å²) < 4.78 is 30.2. The van der Waals surface area contributed by atoms with Crippen LogP contribution in [0, 0.1) is 5.92 Å². The van der Waals surface area contributed by atoms with Gasteiger partial charge in [-0.05, 0) is 12.1 Å². The Labute approximate surface area is 85.9 Å². The van der Waals surface area contributed by atoms with Crippen LogP contribution < -0.4 is 4.74 Å². The number of ether oxygens (including phenoxy) is 1. The highest BCUT2D eigenvalue weighted by molar-refractivity contribution is 5.79. The first-order valence-electron chi connectivity index (χ1n) is 4.68. The summed E-state index contributed by atoms with van der Waals surface area (Å²) in [6.07, 6.45) is 0.538. The number of hydrogen-bond acceptors (Lipinski definition) is 2. The van der Waals surface area contributed by atoms with E-state index in [9.17, 15) is 13.6 Å². The summed E-state index contributed by atoms with van der Waals surface area (Å²) in [5.41, 5.74) is 0.390. The van der Waals surface area contributed by atoms with Crippen molar-refractivity contribution in [3.05, 3.63) is 29.8 Å². The van der Waals surface area contributed by atoms with Crippen LogP contribution in [-0.2, 0) is 0 Å². The molecule has 15 heavy (non-hydrogen) atoms. The molecule has 4 heteroatoms. The van der Waals surface area contributed by atoms with Crippen molar-refractivity contribution in [1.82, 2.24) is 0 Å². The van der Waals surface area contributed by atoms with Gasteiger partial charge in [0.15, 0.2) is 6.29 Å². The summed E-state index contributed by atoms with van der Waals surface area (Å²) in [4.78, 5) is 10.6. The van der Waals surface area contributed by atoms with Crippen molar-refractivity contribution in [3.63, 3.8) is 0 Å². The molecular weight excluding hydrogens is 202 g/mol. The van der Waals surface area contributed by atoms with E-state index < -0.39 is 11.8 Å². The molecule has 0 unspecified atom stereocenters. The Morgan fingerprint density at radius 1 is 1.47 bits per heavy atom. The number of aldehydes is 1. The number of halogens is 2. The lowest BCUT2D eigenvalue weighted by Crippen LogP contribution is -2.06. The third kappa shape index (κ3) is 2.14. The van der Waals surface area contributed by atoms with E-state index in [-0.39, 0.29) is 13.0 Å². The van der Waals surface area contributed by atoms with Crippen LogP contribution in [0.3, 0.4) is 0 Å². The molecule has 1 fully saturated rings. The fraction of sp³-hybridized carbons (Fsp3) is 0.364. The molecule has 1 aromatic carbocycles. The molecule has 0 aliphatic heterocycles. The van der Waals surface area contributed by atoms with E-state index in [4.69, 9.17) is 4.74 Å². The summed E-state index contributed by atoms with van der Waals surface area (Å²) in [5, 5.41) is 0. The summed E-state index contributed by atoms with van der Waals surface area (Å²) >= 11 is 0. The van der Waals surface area contributed by atoms with Crippen LogP contribution in [0.4, 0.5) is 8.78 Å². The van der Waals surface area contributed by atoms with Crippen molar-refractivity contribution in [2.45, 2.75) is 12.3 Å². The maximum atomic E-state index is 12.5. The van der Waals surface area contributed by atoms with Gasteiger partial charge in [0.2, 0.25) is 0 Å². The Hall–Kier alpha value is -1.45. The Balaban J connectivity index is 1.96. The molecule has 1 saturated carbocycles. The van der Waals surface area contributed by atoms with Gasteiger partial charge < -0.3 is 4.74 Å². The van der Waals surface area contributed by atoms with E-state index in [0.717, 1.165) is 0 Å². The molecule has 0 spiro atoms. The number of alkyl halides is 2. The largest absolute Gasteiger partial charge is 0.492 e. The van der Waals surface area contributed by atoms with Gasteiger partial charge >= 0.3 is 0 Å². The molecule has 0 amide bonds. The molecule has 1 atom stereocenters. The molecule has 0 aromatic heterocycles. The van der Waals surface area contributed by atoms with Crippen LogP contribution in [-0.4, -0.2) is 18.8 Å². The zero-order valence-electron chi connectivity index (χ0n) is 7.95. The Morgan fingerprint density at radius 2 is 2.13 bits per heavy atom. The van der Waals surface area contributed by atoms with E-state index in [1.807, 2.05) is 0 Å². The van der Waals surface area contributed by atoms with Gasteiger partial charge in [-0.2, -0.15) is 0 Å². The first kappa shape index (κ1) is 10.1. The van der Waals surface area contributed by atoms with Gasteiger partial charge in [0.05, 0.1) is 18.1 Å². The summed E-state index contributed by atoms with van der Waals surface area (Å²) in [7, 11) is 0. The Bertz CT molecular complexity index is 377. The van der Waals surface area contributed by atoms with Gasteiger partial charge in [-0.3, -0.25) is 4.79 Å². The molecule has 0 saturated heterocycles. The molecule has 2 rings (SSSR count). The lowest BCUT2D eigenvalue weighted by Gasteiger charge is -2.06. The predicted octanol–water partition coefficient (Wildman–Crippen LogP) is 2.53. The molecule has 0 radical (unpaired) electrons. The van der Waals surface area contributed by atoms with E-state index in [0.29, 0.717) is 17.6 Å². The van der Waals surface area contributed by atoms with Gasteiger partial charge in [0.1, 0.15) is 5.75 Å². The molecule has 2 nitrogen and oxygen atoms in total. The number of hydrogen-bond donors (Lipinski definition) is 0. The van der Waals surface area contributed by atoms with Crippen molar-refractivity contribution >= 4 is 6.29 Å². The second-order valence-corrected chi connectivity index (χ2v) is 3.63. The van der Waals surface area contributed by atoms with E-state index in [1.165, 1.54) is 0 Å². The van der Waals surface area contributed by atoms with Gasteiger partial charge in [-0.1, -0.05) is 12.1 Å². The number of carbonyl (C=O) groups is 1. The summed E-state index contributed by atoms with van der Waals surface area (Å²) in [6, 6.07) is 6.59. The molecule has 0 bridgehead atoms.